The lowest BCUT2D eigenvalue weighted by molar-refractivity contribution is 0.200. The van der Waals surface area contributed by atoms with Gasteiger partial charge in [0.05, 0.1) is 6.10 Å². The Morgan fingerprint density at radius 3 is 2.50 bits per heavy atom. The Bertz CT molecular complexity index is 575. The lowest BCUT2D eigenvalue weighted by Crippen LogP contribution is -2.13. The minimum Gasteiger partial charge on any atom is -0.392 e. The molecule has 5 heteroatoms. The van der Waals surface area contributed by atoms with E-state index in [0.717, 1.165) is 14.9 Å². The Balaban J connectivity index is 1.90. The minimum atomic E-state index is -0.459. The van der Waals surface area contributed by atoms with Crippen LogP contribution in [0, 0.1) is 0 Å². The number of hydrogen-bond donors (Lipinski definition) is 1. The Morgan fingerprint density at radius 1 is 1.10 bits per heavy atom. The summed E-state index contributed by atoms with van der Waals surface area (Å²) >= 11 is 17.0. The van der Waals surface area contributed by atoms with Gasteiger partial charge in [-0.3, -0.25) is 0 Å². The molecule has 0 spiro atoms. The van der Waals surface area contributed by atoms with Crippen LogP contribution in [0.25, 0.3) is 0 Å². The van der Waals surface area contributed by atoms with Gasteiger partial charge < -0.3 is 5.11 Å². The first-order chi connectivity index (χ1) is 9.54. The van der Waals surface area contributed by atoms with Crippen molar-refractivity contribution in [1.82, 2.24) is 0 Å². The third-order valence-corrected chi connectivity index (χ3v) is 5.01. The number of hydrogen-bond acceptors (Lipinski definition) is 2. The van der Waals surface area contributed by atoms with E-state index < -0.39 is 6.10 Å². The van der Waals surface area contributed by atoms with Crippen molar-refractivity contribution in [3.05, 3.63) is 62.5 Å². The van der Waals surface area contributed by atoms with Crippen molar-refractivity contribution in [1.29, 1.82) is 0 Å². The fourth-order valence-corrected chi connectivity index (χ4v) is 3.22. The second-order valence-corrected chi connectivity index (χ2v) is 7.21. The number of aliphatic hydroxyl groups excluding tert-OH is 1. The second kappa shape index (κ2) is 7.71. The molecule has 106 valence electrons. The van der Waals surface area contributed by atoms with E-state index in [1.165, 1.54) is 0 Å². The first-order valence-electron chi connectivity index (χ1n) is 6.05. The fraction of sp³-hybridized carbons (Fsp3) is 0.200. The summed E-state index contributed by atoms with van der Waals surface area (Å²) in [6.07, 6.45) is 0.0442. The largest absolute Gasteiger partial charge is 0.392 e. The first-order valence-corrected chi connectivity index (χ1v) is 8.58. The average molecular weight is 392 g/mol. The normalized spacial score (nSPS) is 12.4. The molecule has 1 unspecified atom stereocenters. The fourth-order valence-electron chi connectivity index (χ4n) is 1.74. The predicted octanol–water partition coefficient (Wildman–Crippen LogP) is 5.45. The van der Waals surface area contributed by atoms with Gasteiger partial charge in [0, 0.05) is 31.6 Å². The predicted molar refractivity (Wildman–Crippen MR) is 91.0 cm³/mol. The van der Waals surface area contributed by atoms with Gasteiger partial charge in [0.15, 0.2) is 0 Å². The molecule has 0 heterocycles. The highest BCUT2D eigenvalue weighted by molar-refractivity contribution is 9.10. The molecule has 0 radical (unpaired) electrons. The highest BCUT2D eigenvalue weighted by Crippen LogP contribution is 2.25. The van der Waals surface area contributed by atoms with Gasteiger partial charge in [-0.05, 0) is 48.0 Å². The number of halogens is 3. The summed E-state index contributed by atoms with van der Waals surface area (Å²) < 4.78 is 1.05. The van der Waals surface area contributed by atoms with Gasteiger partial charge in [-0.1, -0.05) is 39.1 Å². The highest BCUT2D eigenvalue weighted by atomic mass is 79.9. The Hall–Kier alpha value is -0.190. The van der Waals surface area contributed by atoms with E-state index in [0.29, 0.717) is 22.2 Å². The lowest BCUT2D eigenvalue weighted by atomic mass is 10.1. The summed E-state index contributed by atoms with van der Waals surface area (Å²) in [5.41, 5.74) is 0.878. The smallest absolute Gasteiger partial charge is 0.0674 e. The van der Waals surface area contributed by atoms with Crippen LogP contribution in [-0.2, 0) is 6.42 Å². The van der Waals surface area contributed by atoms with Crippen LogP contribution in [0.4, 0.5) is 0 Å². The molecule has 0 saturated heterocycles. The average Bonchev–Trinajstić information content (AvgIpc) is 2.42. The number of thioether (sulfide) groups is 1. The van der Waals surface area contributed by atoms with Crippen molar-refractivity contribution in [2.75, 3.05) is 5.75 Å². The quantitative estimate of drug-likeness (QED) is 0.683. The lowest BCUT2D eigenvalue weighted by Gasteiger charge is -2.12. The molecule has 0 aromatic heterocycles. The van der Waals surface area contributed by atoms with Crippen molar-refractivity contribution in [2.24, 2.45) is 0 Å². The highest BCUT2D eigenvalue weighted by Gasteiger charge is 2.10. The number of aliphatic hydroxyl groups is 1. The summed E-state index contributed by atoms with van der Waals surface area (Å²) in [6.45, 7) is 0. The zero-order chi connectivity index (χ0) is 14.5. The molecule has 1 nitrogen and oxygen atoms in total. The molecular formula is C15H13BrCl2OS. The maximum Gasteiger partial charge on any atom is 0.0674 e. The second-order valence-electron chi connectivity index (χ2n) is 4.36. The van der Waals surface area contributed by atoms with E-state index >= 15 is 0 Å². The van der Waals surface area contributed by atoms with Gasteiger partial charge in [0.1, 0.15) is 0 Å². The van der Waals surface area contributed by atoms with Crippen LogP contribution in [0.2, 0.25) is 10.0 Å². The molecule has 0 aliphatic carbocycles. The van der Waals surface area contributed by atoms with E-state index in [2.05, 4.69) is 15.9 Å². The molecule has 2 rings (SSSR count). The topological polar surface area (TPSA) is 20.2 Å². The van der Waals surface area contributed by atoms with Crippen LogP contribution < -0.4 is 0 Å². The van der Waals surface area contributed by atoms with Gasteiger partial charge in [-0.2, -0.15) is 0 Å². The molecule has 20 heavy (non-hydrogen) atoms. The summed E-state index contributed by atoms with van der Waals surface area (Å²) in [7, 11) is 0. The van der Waals surface area contributed by atoms with Crippen LogP contribution in [-0.4, -0.2) is 17.0 Å². The van der Waals surface area contributed by atoms with Crippen molar-refractivity contribution >= 4 is 50.9 Å². The standard InChI is InChI=1S/C15H13BrCl2OS/c16-11-1-4-14(5-2-11)20-9-13(19)8-10-7-12(17)3-6-15(10)18/h1-7,13,19H,8-9H2. The molecule has 0 bridgehead atoms. The maximum atomic E-state index is 10.1. The Morgan fingerprint density at radius 2 is 1.80 bits per heavy atom. The summed E-state index contributed by atoms with van der Waals surface area (Å²) in [4.78, 5) is 1.13. The van der Waals surface area contributed by atoms with Crippen molar-refractivity contribution in [3.8, 4) is 0 Å². The molecule has 0 fully saturated rings. The van der Waals surface area contributed by atoms with Gasteiger partial charge in [-0.15, -0.1) is 11.8 Å². The van der Waals surface area contributed by atoms with Gasteiger partial charge in [-0.25, -0.2) is 0 Å². The van der Waals surface area contributed by atoms with Crippen LogP contribution in [0.3, 0.4) is 0 Å². The van der Waals surface area contributed by atoms with E-state index in [1.54, 1.807) is 30.0 Å². The van der Waals surface area contributed by atoms with Crippen molar-refractivity contribution < 1.29 is 5.11 Å². The van der Waals surface area contributed by atoms with Gasteiger partial charge in [0.2, 0.25) is 0 Å². The van der Waals surface area contributed by atoms with Crippen LogP contribution in [0.15, 0.2) is 51.8 Å². The molecule has 2 aromatic carbocycles. The molecule has 0 saturated carbocycles. The monoisotopic (exact) mass is 390 g/mol. The first kappa shape index (κ1) is 16.2. The molecule has 2 aromatic rings. The molecule has 0 amide bonds. The van der Waals surface area contributed by atoms with Crippen LogP contribution in [0.1, 0.15) is 5.56 Å². The third kappa shape index (κ3) is 4.97. The SMILES string of the molecule is OC(CSc1ccc(Br)cc1)Cc1cc(Cl)ccc1Cl. The number of benzene rings is 2. The van der Waals surface area contributed by atoms with Crippen molar-refractivity contribution in [2.45, 2.75) is 17.4 Å². The molecule has 1 atom stereocenters. The van der Waals surface area contributed by atoms with E-state index in [-0.39, 0.29) is 0 Å². The molecular weight excluding hydrogens is 379 g/mol. The molecule has 0 aliphatic heterocycles. The Kier molecular flexibility index (Phi) is 6.24. The minimum absolute atomic E-state index is 0.459. The summed E-state index contributed by atoms with van der Waals surface area (Å²) in [5.74, 6) is 0.616. The third-order valence-electron chi connectivity index (χ3n) is 2.72. The van der Waals surface area contributed by atoms with Crippen LogP contribution in [0.5, 0.6) is 0 Å². The Labute approximate surface area is 141 Å². The summed E-state index contributed by atoms with van der Waals surface area (Å²) in [5, 5.41) is 11.4. The zero-order valence-electron chi connectivity index (χ0n) is 10.5. The summed E-state index contributed by atoms with van der Waals surface area (Å²) in [6, 6.07) is 13.3. The molecule has 0 aliphatic rings. The zero-order valence-corrected chi connectivity index (χ0v) is 14.4. The van der Waals surface area contributed by atoms with Gasteiger partial charge >= 0.3 is 0 Å². The van der Waals surface area contributed by atoms with E-state index in [9.17, 15) is 5.11 Å². The molecule has 1 N–H and O–H groups in total. The van der Waals surface area contributed by atoms with E-state index in [4.69, 9.17) is 23.2 Å². The van der Waals surface area contributed by atoms with E-state index in [1.807, 2.05) is 24.3 Å². The van der Waals surface area contributed by atoms with Gasteiger partial charge in [0.25, 0.3) is 0 Å². The maximum absolute atomic E-state index is 10.1. The van der Waals surface area contributed by atoms with Crippen LogP contribution >= 0.6 is 50.9 Å². The van der Waals surface area contributed by atoms with Crippen molar-refractivity contribution in [3.63, 3.8) is 0 Å². The number of rotatable bonds is 5.